The molecule has 1 atom stereocenters. The monoisotopic (exact) mass is 237 g/mol. The van der Waals surface area contributed by atoms with Crippen LogP contribution in [0.3, 0.4) is 0 Å². The second kappa shape index (κ2) is 5.93. The van der Waals surface area contributed by atoms with E-state index < -0.39 is 0 Å². The zero-order chi connectivity index (χ0) is 12.1. The Balaban J connectivity index is 2.04. The number of nitrogens with zero attached hydrogens (tertiary/aromatic N) is 1. The van der Waals surface area contributed by atoms with Gasteiger partial charge in [0.05, 0.1) is 5.69 Å². The van der Waals surface area contributed by atoms with Crippen molar-refractivity contribution in [3.05, 3.63) is 27.9 Å². The third-order valence-electron chi connectivity index (χ3n) is 2.91. The third kappa shape index (κ3) is 3.64. The Morgan fingerprint density at radius 1 is 1.65 bits per heavy atom. The van der Waals surface area contributed by atoms with Crippen molar-refractivity contribution in [2.75, 3.05) is 19.8 Å². The van der Waals surface area contributed by atoms with Gasteiger partial charge in [0.25, 0.3) is 5.56 Å². The predicted molar refractivity (Wildman–Crippen MR) is 64.9 cm³/mol. The molecule has 0 saturated carbocycles. The van der Waals surface area contributed by atoms with Crippen LogP contribution >= 0.6 is 0 Å². The fraction of sp³-hybridized carbons (Fsp3) is 0.667. The summed E-state index contributed by atoms with van der Waals surface area (Å²) in [5, 5.41) is 3.17. The minimum atomic E-state index is -0.0678. The first kappa shape index (κ1) is 12.3. The number of nitrogens with one attached hydrogen (secondary N) is 2. The molecule has 94 valence electrons. The molecule has 2 heterocycles. The Hall–Kier alpha value is -1.20. The largest absolute Gasteiger partial charge is 0.381 e. The van der Waals surface area contributed by atoms with Crippen LogP contribution in [-0.4, -0.2) is 29.7 Å². The van der Waals surface area contributed by atoms with Crippen LogP contribution in [0.5, 0.6) is 0 Å². The maximum Gasteiger partial charge on any atom is 0.251 e. The van der Waals surface area contributed by atoms with E-state index in [0.29, 0.717) is 12.5 Å². The number of H-pyrrole nitrogens is 1. The van der Waals surface area contributed by atoms with Crippen molar-refractivity contribution < 1.29 is 4.74 Å². The summed E-state index contributed by atoms with van der Waals surface area (Å²) in [6.45, 7) is 5.16. The molecule has 1 aromatic heterocycles. The fourth-order valence-electron chi connectivity index (χ4n) is 2.02. The summed E-state index contributed by atoms with van der Waals surface area (Å²) < 4.78 is 5.32. The number of hydrogen-bond acceptors (Lipinski definition) is 4. The van der Waals surface area contributed by atoms with Gasteiger partial charge in [0, 0.05) is 32.2 Å². The summed E-state index contributed by atoms with van der Waals surface area (Å²) in [5.74, 6) is 1.27. The fourth-order valence-corrected chi connectivity index (χ4v) is 2.02. The number of hydrogen-bond donors (Lipinski definition) is 2. The predicted octanol–water partition coefficient (Wildman–Crippen LogP) is 0.458. The van der Waals surface area contributed by atoms with Gasteiger partial charge in [-0.3, -0.25) is 4.79 Å². The molecule has 17 heavy (non-hydrogen) atoms. The highest BCUT2D eigenvalue weighted by Gasteiger charge is 2.17. The normalized spacial score (nSPS) is 19.7. The molecule has 1 fully saturated rings. The third-order valence-corrected chi connectivity index (χ3v) is 2.91. The SMILES string of the molecule is CCNCc1cc(=O)[nH]c(CC2CCOC2)n1. The quantitative estimate of drug-likeness (QED) is 0.780. The molecule has 2 rings (SSSR count). The van der Waals surface area contributed by atoms with Gasteiger partial charge in [0.15, 0.2) is 0 Å². The Kier molecular flexibility index (Phi) is 4.28. The van der Waals surface area contributed by atoms with E-state index >= 15 is 0 Å². The summed E-state index contributed by atoms with van der Waals surface area (Å²) in [5.41, 5.74) is 0.742. The Labute approximate surface area is 101 Å². The van der Waals surface area contributed by atoms with Crippen molar-refractivity contribution in [1.29, 1.82) is 0 Å². The van der Waals surface area contributed by atoms with Crippen molar-refractivity contribution in [2.45, 2.75) is 26.3 Å². The Morgan fingerprint density at radius 2 is 2.53 bits per heavy atom. The zero-order valence-electron chi connectivity index (χ0n) is 10.2. The molecule has 2 N–H and O–H groups in total. The van der Waals surface area contributed by atoms with Crippen LogP contribution in [0.4, 0.5) is 0 Å². The van der Waals surface area contributed by atoms with Crippen molar-refractivity contribution in [2.24, 2.45) is 5.92 Å². The van der Waals surface area contributed by atoms with E-state index in [1.165, 1.54) is 0 Å². The van der Waals surface area contributed by atoms with Crippen molar-refractivity contribution >= 4 is 0 Å². The van der Waals surface area contributed by atoms with E-state index in [0.717, 1.165) is 44.1 Å². The number of ether oxygens (including phenoxy) is 1. The molecule has 1 aliphatic rings. The molecular formula is C12H19N3O2. The van der Waals surface area contributed by atoms with E-state index in [9.17, 15) is 4.79 Å². The van der Waals surface area contributed by atoms with Crippen molar-refractivity contribution in [3.63, 3.8) is 0 Å². The van der Waals surface area contributed by atoms with Crippen LogP contribution in [0.15, 0.2) is 10.9 Å². The molecule has 0 bridgehead atoms. The van der Waals surface area contributed by atoms with Gasteiger partial charge in [-0.1, -0.05) is 6.92 Å². The Bertz CT molecular complexity index is 410. The molecular weight excluding hydrogens is 218 g/mol. The highest BCUT2D eigenvalue weighted by Crippen LogP contribution is 2.15. The maximum absolute atomic E-state index is 11.5. The summed E-state index contributed by atoms with van der Waals surface area (Å²) in [6.07, 6.45) is 1.86. The minimum absolute atomic E-state index is 0.0678. The molecule has 0 spiro atoms. The first-order chi connectivity index (χ1) is 8.28. The van der Waals surface area contributed by atoms with Crippen LogP contribution in [0.2, 0.25) is 0 Å². The highest BCUT2D eigenvalue weighted by molar-refractivity contribution is 5.03. The van der Waals surface area contributed by atoms with Crippen molar-refractivity contribution in [3.8, 4) is 0 Å². The summed E-state index contributed by atoms with van der Waals surface area (Å²) in [6, 6.07) is 1.55. The van der Waals surface area contributed by atoms with E-state index in [4.69, 9.17) is 4.74 Å². The van der Waals surface area contributed by atoms with E-state index in [2.05, 4.69) is 15.3 Å². The lowest BCUT2D eigenvalue weighted by molar-refractivity contribution is 0.185. The second-order valence-electron chi connectivity index (χ2n) is 4.40. The van der Waals surface area contributed by atoms with E-state index in [1.807, 2.05) is 6.92 Å². The molecule has 5 nitrogen and oxygen atoms in total. The number of aromatic amines is 1. The molecule has 1 aromatic rings. The van der Waals surface area contributed by atoms with Crippen LogP contribution < -0.4 is 10.9 Å². The smallest absolute Gasteiger partial charge is 0.251 e. The first-order valence-electron chi connectivity index (χ1n) is 6.15. The van der Waals surface area contributed by atoms with Gasteiger partial charge in [-0.25, -0.2) is 4.98 Å². The average molecular weight is 237 g/mol. The summed E-state index contributed by atoms with van der Waals surface area (Å²) >= 11 is 0. The van der Waals surface area contributed by atoms with Crippen LogP contribution in [0.25, 0.3) is 0 Å². The zero-order valence-corrected chi connectivity index (χ0v) is 10.2. The van der Waals surface area contributed by atoms with Crippen molar-refractivity contribution in [1.82, 2.24) is 15.3 Å². The van der Waals surface area contributed by atoms with Crippen LogP contribution in [0, 0.1) is 5.92 Å². The van der Waals surface area contributed by atoms with Crippen LogP contribution in [-0.2, 0) is 17.7 Å². The van der Waals surface area contributed by atoms with E-state index in [-0.39, 0.29) is 5.56 Å². The van der Waals surface area contributed by atoms with Gasteiger partial charge in [-0.2, -0.15) is 0 Å². The van der Waals surface area contributed by atoms with Gasteiger partial charge in [-0.15, -0.1) is 0 Å². The lowest BCUT2D eigenvalue weighted by atomic mass is 10.0. The Morgan fingerprint density at radius 3 is 3.24 bits per heavy atom. The first-order valence-corrected chi connectivity index (χ1v) is 6.15. The molecule has 1 unspecified atom stereocenters. The summed E-state index contributed by atoms with van der Waals surface area (Å²) in [4.78, 5) is 18.8. The summed E-state index contributed by atoms with van der Waals surface area (Å²) in [7, 11) is 0. The van der Waals surface area contributed by atoms with Gasteiger partial charge < -0.3 is 15.0 Å². The lowest BCUT2D eigenvalue weighted by Gasteiger charge is -2.08. The topological polar surface area (TPSA) is 67.0 Å². The van der Waals surface area contributed by atoms with Gasteiger partial charge in [-0.05, 0) is 18.9 Å². The standard InChI is InChI=1S/C12H19N3O2/c1-2-13-7-10-6-12(16)15-11(14-10)5-9-3-4-17-8-9/h6,9,13H,2-5,7-8H2,1H3,(H,14,15,16). The second-order valence-corrected chi connectivity index (χ2v) is 4.40. The molecule has 0 amide bonds. The lowest BCUT2D eigenvalue weighted by Crippen LogP contribution is -2.20. The molecule has 0 aromatic carbocycles. The minimum Gasteiger partial charge on any atom is -0.381 e. The van der Waals surface area contributed by atoms with Gasteiger partial charge in [0.1, 0.15) is 5.82 Å². The molecule has 1 saturated heterocycles. The highest BCUT2D eigenvalue weighted by atomic mass is 16.5. The molecule has 5 heteroatoms. The number of aromatic nitrogens is 2. The number of rotatable bonds is 5. The van der Waals surface area contributed by atoms with Gasteiger partial charge >= 0.3 is 0 Å². The molecule has 0 radical (unpaired) electrons. The molecule has 0 aliphatic carbocycles. The maximum atomic E-state index is 11.5. The van der Waals surface area contributed by atoms with E-state index in [1.54, 1.807) is 6.07 Å². The molecule has 1 aliphatic heterocycles. The van der Waals surface area contributed by atoms with Crippen LogP contribution in [0.1, 0.15) is 24.9 Å². The van der Waals surface area contributed by atoms with Gasteiger partial charge in [0.2, 0.25) is 0 Å². The average Bonchev–Trinajstić information content (AvgIpc) is 2.78.